The van der Waals surface area contributed by atoms with Gasteiger partial charge in [0.05, 0.1) is 37.0 Å². The van der Waals surface area contributed by atoms with Crippen molar-refractivity contribution in [2.75, 3.05) is 21.3 Å². The van der Waals surface area contributed by atoms with Crippen molar-refractivity contribution in [2.45, 2.75) is 0 Å². The predicted octanol–water partition coefficient (Wildman–Crippen LogP) is 6.57. The topological polar surface area (TPSA) is 195 Å². The molecule has 1 aromatic heterocycles. The van der Waals surface area contributed by atoms with Crippen molar-refractivity contribution in [3.05, 3.63) is 137 Å². The van der Waals surface area contributed by atoms with Crippen LogP contribution in [0.3, 0.4) is 0 Å². The van der Waals surface area contributed by atoms with E-state index in [0.717, 1.165) is 19.0 Å². The lowest BCUT2D eigenvalue weighted by Gasteiger charge is -1.99. The van der Waals surface area contributed by atoms with E-state index in [9.17, 15) is 19.2 Å². The van der Waals surface area contributed by atoms with E-state index in [-0.39, 0.29) is 16.7 Å². The van der Waals surface area contributed by atoms with Crippen molar-refractivity contribution >= 4 is 41.0 Å². The smallest absolute Gasteiger partial charge is 0.337 e. The second kappa shape index (κ2) is 20.7. The Balaban J connectivity index is 0.000000261. The molecule has 4 aromatic carbocycles. The quantitative estimate of drug-likeness (QED) is 0.0521. The van der Waals surface area contributed by atoms with Crippen LogP contribution in [0.2, 0.25) is 0 Å². The summed E-state index contributed by atoms with van der Waals surface area (Å²) in [7, 11) is 3.62. The number of carboxylic acids is 1. The van der Waals surface area contributed by atoms with E-state index in [1.165, 1.54) is 38.5 Å². The number of benzene rings is 4. The number of para-hydroxylation sites is 1. The Hall–Kier alpha value is -6.31. The molecule has 0 saturated heterocycles. The molecule has 5 rings (SSSR count). The summed E-state index contributed by atoms with van der Waals surface area (Å²) in [6.07, 6.45) is 0.723. The van der Waals surface area contributed by atoms with Crippen molar-refractivity contribution in [3.8, 4) is 23.0 Å². The number of halogens is 1. The molecule has 0 fully saturated rings. The first-order chi connectivity index (χ1) is 23.7. The number of methoxy groups -OCH3 is 2. The Kier molecular flexibility index (Phi) is 16.5. The van der Waals surface area contributed by atoms with Gasteiger partial charge < -0.3 is 34.2 Å². The number of ether oxygens (including phenoxy) is 3. The van der Waals surface area contributed by atoms with Gasteiger partial charge >= 0.3 is 23.9 Å². The number of aliphatic hydroxyl groups excluding tert-OH is 1. The molecule has 0 radical (unpaired) electrons. The highest BCUT2D eigenvalue weighted by atomic mass is 35.5. The number of hydrogen-bond donors (Lipinski definition) is 3. The maximum absolute atomic E-state index is 11.0. The van der Waals surface area contributed by atoms with Crippen molar-refractivity contribution in [1.82, 2.24) is 5.16 Å². The number of hydrogen-bond acceptors (Lipinski definition) is 12. The van der Waals surface area contributed by atoms with Crippen LogP contribution in [0.5, 0.6) is 11.7 Å². The van der Waals surface area contributed by atoms with Crippen LogP contribution < -0.4 is 4.74 Å². The molecule has 3 N–H and O–H groups in total. The van der Waals surface area contributed by atoms with Crippen LogP contribution >= 0.6 is 11.6 Å². The molecular weight excluding hydrogens is 660 g/mol. The number of aromatic carboxylic acids is 1. The standard InChI is InChI=1S/C16H11NO4.C9H8ClNO3.C9H8O3.CH4O/c18-16(19)12-8-6-11(7-9-12)14-10-15(21-17-14)20-13-4-2-1-3-5-13;1-14-9(12)7-4-2-6(3-5-7)8(10)11-13;1-12-9(11)8-4-2-7(6-10)3-5-8;1-2/h1-10H,(H,18,19);2-5,13H,1H3;2-6H,1H3;2H,1H3/b;11-8-;;. The van der Waals surface area contributed by atoms with Gasteiger partial charge in [-0.1, -0.05) is 76.5 Å². The van der Waals surface area contributed by atoms with E-state index in [1.807, 2.05) is 30.3 Å². The zero-order valence-electron chi connectivity index (χ0n) is 26.3. The molecule has 13 nitrogen and oxygen atoms in total. The summed E-state index contributed by atoms with van der Waals surface area (Å²) < 4.78 is 19.6. The maximum atomic E-state index is 11.0. The summed E-state index contributed by atoms with van der Waals surface area (Å²) in [5.41, 5.74) is 3.50. The Morgan fingerprint density at radius 2 is 1.24 bits per heavy atom. The number of carbonyl (C=O) groups is 4. The number of aliphatic hydroxyl groups is 1. The summed E-state index contributed by atoms with van der Waals surface area (Å²) in [5, 5.41) is 30.9. The first-order valence-corrected chi connectivity index (χ1v) is 14.2. The molecule has 5 aromatic rings. The lowest BCUT2D eigenvalue weighted by Crippen LogP contribution is -2.01. The maximum Gasteiger partial charge on any atom is 0.337 e. The van der Waals surface area contributed by atoms with Crippen LogP contribution in [-0.4, -0.2) is 71.3 Å². The molecular formula is C35H31ClN2O11. The normalized spacial score (nSPS) is 9.94. The van der Waals surface area contributed by atoms with Crippen LogP contribution in [0.1, 0.15) is 47.0 Å². The second-order valence-corrected chi connectivity index (χ2v) is 9.38. The van der Waals surface area contributed by atoms with Crippen LogP contribution in [-0.2, 0) is 9.47 Å². The third kappa shape index (κ3) is 12.4. The number of nitrogens with zero attached hydrogens (tertiary/aromatic N) is 2. The molecule has 1 heterocycles. The summed E-state index contributed by atoms with van der Waals surface area (Å²) >= 11 is 5.54. The van der Waals surface area contributed by atoms with E-state index < -0.39 is 17.9 Å². The number of oxime groups is 1. The molecule has 0 aliphatic rings. The molecule has 14 heteroatoms. The lowest BCUT2D eigenvalue weighted by molar-refractivity contribution is 0.0592. The highest BCUT2D eigenvalue weighted by molar-refractivity contribution is 6.69. The summed E-state index contributed by atoms with van der Waals surface area (Å²) in [4.78, 5) is 43.0. The van der Waals surface area contributed by atoms with Gasteiger partial charge in [0.2, 0.25) is 0 Å². The highest BCUT2D eigenvalue weighted by Crippen LogP contribution is 2.27. The molecule has 0 atom stereocenters. The average Bonchev–Trinajstić information content (AvgIpc) is 3.64. The SMILES string of the molecule is CO.COC(=O)c1ccc(/C(Cl)=N/O)cc1.COC(=O)c1ccc(C=O)cc1.O=C(O)c1ccc(-c2cc(Oc3ccccc3)on2)cc1. The Morgan fingerprint density at radius 1 is 0.755 bits per heavy atom. The van der Waals surface area contributed by atoms with Gasteiger partial charge in [-0.05, 0) is 48.5 Å². The van der Waals surface area contributed by atoms with Crippen molar-refractivity contribution in [3.63, 3.8) is 0 Å². The molecule has 254 valence electrons. The fourth-order valence-corrected chi connectivity index (χ4v) is 3.69. The zero-order valence-corrected chi connectivity index (χ0v) is 27.1. The van der Waals surface area contributed by atoms with Crippen LogP contribution in [0.15, 0.2) is 119 Å². The van der Waals surface area contributed by atoms with E-state index >= 15 is 0 Å². The molecule has 49 heavy (non-hydrogen) atoms. The van der Waals surface area contributed by atoms with Crippen LogP contribution in [0, 0.1) is 0 Å². The number of aldehydes is 1. The molecule has 0 spiro atoms. The van der Waals surface area contributed by atoms with Crippen LogP contribution in [0.25, 0.3) is 11.3 Å². The van der Waals surface area contributed by atoms with Gasteiger partial charge in [0.1, 0.15) is 17.7 Å². The summed E-state index contributed by atoms with van der Waals surface area (Å²) in [6.45, 7) is 0. The molecule has 0 aliphatic carbocycles. The first-order valence-electron chi connectivity index (χ1n) is 13.9. The van der Waals surface area contributed by atoms with Crippen molar-refractivity contribution in [2.24, 2.45) is 5.16 Å². The van der Waals surface area contributed by atoms with Gasteiger partial charge in [-0.3, -0.25) is 4.79 Å². The van der Waals surface area contributed by atoms with E-state index in [0.29, 0.717) is 33.7 Å². The number of carboxylic acid groups (broad SMARTS) is 1. The van der Waals surface area contributed by atoms with Crippen molar-refractivity contribution < 1.29 is 53.3 Å². The zero-order chi connectivity index (χ0) is 36.2. The van der Waals surface area contributed by atoms with Crippen LogP contribution in [0.4, 0.5) is 0 Å². The largest absolute Gasteiger partial charge is 0.478 e. The van der Waals surface area contributed by atoms with Gasteiger partial charge in [-0.15, -0.1) is 0 Å². The highest BCUT2D eigenvalue weighted by Gasteiger charge is 2.10. The third-order valence-corrected chi connectivity index (χ3v) is 6.27. The minimum atomic E-state index is -0.963. The molecule has 0 saturated carbocycles. The molecule has 0 amide bonds. The average molecular weight is 691 g/mol. The lowest BCUT2D eigenvalue weighted by atomic mass is 10.1. The fourth-order valence-electron chi connectivity index (χ4n) is 3.57. The van der Waals surface area contributed by atoms with Crippen molar-refractivity contribution in [1.29, 1.82) is 0 Å². The second-order valence-electron chi connectivity index (χ2n) is 9.02. The summed E-state index contributed by atoms with van der Waals surface area (Å²) in [6, 6.07) is 29.7. The molecule has 0 unspecified atom stereocenters. The van der Waals surface area contributed by atoms with Gasteiger partial charge in [0, 0.05) is 23.8 Å². The fraction of sp³-hybridized carbons (Fsp3) is 0.0857. The van der Waals surface area contributed by atoms with Gasteiger partial charge in [-0.2, -0.15) is 0 Å². The number of esters is 2. The predicted molar refractivity (Wildman–Crippen MR) is 179 cm³/mol. The Labute approximate surface area is 285 Å². The number of rotatable bonds is 8. The number of carbonyl (C=O) groups excluding carboxylic acids is 3. The first kappa shape index (κ1) is 38.9. The third-order valence-electron chi connectivity index (χ3n) is 5.98. The van der Waals surface area contributed by atoms with E-state index in [2.05, 4.69) is 19.8 Å². The Bertz CT molecular complexity index is 1810. The van der Waals surface area contributed by atoms with E-state index in [1.54, 1.807) is 54.6 Å². The van der Waals surface area contributed by atoms with Gasteiger partial charge in [0.25, 0.3) is 0 Å². The minimum absolute atomic E-state index is 0.0265. The summed E-state index contributed by atoms with van der Waals surface area (Å²) in [5.74, 6) is -0.851. The van der Waals surface area contributed by atoms with Gasteiger partial charge in [0.15, 0.2) is 5.17 Å². The van der Waals surface area contributed by atoms with Gasteiger partial charge in [-0.25, -0.2) is 14.4 Å². The Morgan fingerprint density at radius 3 is 1.71 bits per heavy atom. The number of aromatic nitrogens is 1. The molecule has 0 bridgehead atoms. The van der Waals surface area contributed by atoms with E-state index in [4.69, 9.17) is 36.3 Å². The monoisotopic (exact) mass is 690 g/mol. The minimum Gasteiger partial charge on any atom is -0.478 e. The molecule has 0 aliphatic heterocycles.